The van der Waals surface area contributed by atoms with Gasteiger partial charge in [-0.05, 0) is 42.7 Å². The smallest absolute Gasteiger partial charge is 0.331 e. The summed E-state index contributed by atoms with van der Waals surface area (Å²) in [5.74, 6) is 1.67. The number of aromatic nitrogens is 2. The highest BCUT2D eigenvalue weighted by Gasteiger charge is 2.37. The number of carbonyl (C=O) groups is 1. The summed E-state index contributed by atoms with van der Waals surface area (Å²) in [6.45, 7) is 7.13. The lowest BCUT2D eigenvalue weighted by Gasteiger charge is -2.40. The minimum absolute atomic E-state index is 0.00722. The molecule has 0 radical (unpaired) electrons. The van der Waals surface area contributed by atoms with Crippen molar-refractivity contribution in [1.29, 1.82) is 0 Å². The van der Waals surface area contributed by atoms with E-state index < -0.39 is 6.23 Å². The molecular formula is C28H37N3O4. The minimum Gasteiger partial charge on any atom is -0.485 e. The lowest BCUT2D eigenvalue weighted by molar-refractivity contribution is -0.0297. The molecule has 7 nitrogen and oxygen atoms in total. The quantitative estimate of drug-likeness (QED) is 0.448. The number of fused-ring (bicyclic) bond motifs is 1. The Labute approximate surface area is 206 Å². The highest BCUT2D eigenvalue weighted by atomic mass is 16.5. The van der Waals surface area contributed by atoms with Crippen LogP contribution in [0.3, 0.4) is 0 Å². The number of hydrogen-bond donors (Lipinski definition) is 2. The van der Waals surface area contributed by atoms with E-state index in [0.29, 0.717) is 53.2 Å². The van der Waals surface area contributed by atoms with Gasteiger partial charge in [0.05, 0.1) is 11.0 Å². The third-order valence-electron chi connectivity index (χ3n) is 7.47. The Balaban J connectivity index is 1.66. The number of Topliss-reactive ketones (excluding diaryl/α,β-unsaturated/α-hetero) is 1. The third kappa shape index (κ3) is 5.21. The molecule has 3 aromatic rings. The Kier molecular flexibility index (Phi) is 7.77. The summed E-state index contributed by atoms with van der Waals surface area (Å²) in [5.41, 5.74) is 7.44. The van der Waals surface area contributed by atoms with Crippen LogP contribution in [-0.2, 0) is 6.54 Å². The average molecular weight is 480 g/mol. The zero-order valence-corrected chi connectivity index (χ0v) is 20.9. The average Bonchev–Trinajstić information content (AvgIpc) is 3.13. The Morgan fingerprint density at radius 2 is 1.86 bits per heavy atom. The third-order valence-corrected chi connectivity index (χ3v) is 7.47. The molecule has 1 saturated carbocycles. The van der Waals surface area contributed by atoms with Crippen LogP contribution in [-0.4, -0.2) is 33.2 Å². The van der Waals surface area contributed by atoms with Crippen LogP contribution in [0.2, 0.25) is 0 Å². The Bertz CT molecular complexity index is 1210. The number of imidazole rings is 1. The second-order valence-corrected chi connectivity index (χ2v) is 10.2. The SMILES string of the molecule is CC(C)[C@@H]1CC[C@@H](C)C[C@H]1C(O)n1c(=O)n(CCN)c2cc(OCC(=O)c3ccccc3)ccc21. The summed E-state index contributed by atoms with van der Waals surface area (Å²) in [4.78, 5) is 26.0. The fourth-order valence-corrected chi connectivity index (χ4v) is 5.62. The van der Waals surface area contributed by atoms with E-state index in [1.54, 1.807) is 34.9 Å². The molecule has 0 amide bonds. The Hall–Kier alpha value is -2.90. The van der Waals surface area contributed by atoms with Gasteiger partial charge in [-0.2, -0.15) is 0 Å². The van der Waals surface area contributed by atoms with Crippen LogP contribution in [0.5, 0.6) is 5.75 Å². The first kappa shape index (κ1) is 25.2. The van der Waals surface area contributed by atoms with Crippen molar-refractivity contribution in [3.63, 3.8) is 0 Å². The summed E-state index contributed by atoms with van der Waals surface area (Å²) in [6.07, 6.45) is 2.19. The fraction of sp³-hybridized carbons (Fsp3) is 0.500. The van der Waals surface area contributed by atoms with Crippen LogP contribution in [0, 0.1) is 23.7 Å². The lowest BCUT2D eigenvalue weighted by atomic mass is 9.69. The largest absolute Gasteiger partial charge is 0.485 e. The Morgan fingerprint density at radius 3 is 2.54 bits per heavy atom. The number of aliphatic hydroxyl groups is 1. The number of hydrogen-bond acceptors (Lipinski definition) is 5. The highest BCUT2D eigenvalue weighted by molar-refractivity contribution is 5.97. The second kappa shape index (κ2) is 10.8. The van der Waals surface area contributed by atoms with Crippen LogP contribution in [0.15, 0.2) is 53.3 Å². The molecule has 1 heterocycles. The molecule has 3 N–H and O–H groups in total. The summed E-state index contributed by atoms with van der Waals surface area (Å²) in [6, 6.07) is 14.3. The molecular weight excluding hydrogens is 442 g/mol. The van der Waals surface area contributed by atoms with Crippen molar-refractivity contribution >= 4 is 16.8 Å². The molecule has 1 fully saturated rings. The molecule has 0 aliphatic heterocycles. The molecule has 1 aromatic heterocycles. The number of rotatable bonds is 9. The number of ether oxygens (including phenoxy) is 1. The van der Waals surface area contributed by atoms with E-state index in [0.717, 1.165) is 19.3 Å². The van der Waals surface area contributed by atoms with Gasteiger partial charge >= 0.3 is 5.69 Å². The maximum atomic E-state index is 13.5. The summed E-state index contributed by atoms with van der Waals surface area (Å²) in [5, 5.41) is 11.6. The first-order valence-electron chi connectivity index (χ1n) is 12.7. The molecule has 4 atom stereocenters. The predicted octanol–water partition coefficient (Wildman–Crippen LogP) is 4.22. The van der Waals surface area contributed by atoms with Crippen molar-refractivity contribution in [3.05, 3.63) is 64.6 Å². The molecule has 0 bridgehead atoms. The summed E-state index contributed by atoms with van der Waals surface area (Å²) >= 11 is 0. The van der Waals surface area contributed by atoms with Gasteiger partial charge < -0.3 is 15.6 Å². The molecule has 4 rings (SSSR count). The van der Waals surface area contributed by atoms with Gasteiger partial charge in [-0.3, -0.25) is 13.9 Å². The van der Waals surface area contributed by atoms with Gasteiger partial charge in [0.1, 0.15) is 12.0 Å². The minimum atomic E-state index is -0.911. The van der Waals surface area contributed by atoms with E-state index in [2.05, 4.69) is 20.8 Å². The van der Waals surface area contributed by atoms with E-state index in [1.807, 2.05) is 18.2 Å². The van der Waals surface area contributed by atoms with Crippen molar-refractivity contribution in [2.24, 2.45) is 29.4 Å². The standard InChI is InChI=1S/C28H37N3O4/c1-18(2)22-11-9-19(3)15-23(22)27(33)31-24-12-10-21(16-25(24)30(14-13-29)28(31)34)35-17-26(32)20-7-5-4-6-8-20/h4-8,10,12,16,18-19,22-23,27,33H,9,11,13-15,17,29H2,1-3H3/t19-,22+,23-,27?/m1/s1. The van der Waals surface area contributed by atoms with Gasteiger partial charge in [-0.15, -0.1) is 0 Å². The van der Waals surface area contributed by atoms with Crippen LogP contribution < -0.4 is 16.2 Å². The summed E-state index contributed by atoms with van der Waals surface area (Å²) < 4.78 is 8.91. The van der Waals surface area contributed by atoms with E-state index in [4.69, 9.17) is 10.5 Å². The fourth-order valence-electron chi connectivity index (χ4n) is 5.62. The van der Waals surface area contributed by atoms with Gasteiger partial charge in [-0.1, -0.05) is 57.5 Å². The molecule has 35 heavy (non-hydrogen) atoms. The van der Waals surface area contributed by atoms with Crippen LogP contribution in [0.25, 0.3) is 11.0 Å². The first-order chi connectivity index (χ1) is 16.8. The van der Waals surface area contributed by atoms with Crippen LogP contribution in [0.4, 0.5) is 0 Å². The molecule has 0 spiro atoms. The van der Waals surface area contributed by atoms with E-state index in [-0.39, 0.29) is 24.0 Å². The predicted molar refractivity (Wildman–Crippen MR) is 138 cm³/mol. The van der Waals surface area contributed by atoms with Crippen molar-refractivity contribution < 1.29 is 14.6 Å². The number of nitrogens with two attached hydrogens (primary N) is 1. The van der Waals surface area contributed by atoms with E-state index in [1.165, 1.54) is 4.57 Å². The number of ketones is 1. The molecule has 1 aliphatic carbocycles. The zero-order chi connectivity index (χ0) is 25.1. The monoisotopic (exact) mass is 479 g/mol. The maximum absolute atomic E-state index is 13.5. The summed E-state index contributed by atoms with van der Waals surface area (Å²) in [7, 11) is 0. The van der Waals surface area contributed by atoms with Crippen molar-refractivity contribution in [3.8, 4) is 5.75 Å². The highest BCUT2D eigenvalue weighted by Crippen LogP contribution is 2.43. The molecule has 2 aromatic carbocycles. The van der Waals surface area contributed by atoms with E-state index in [9.17, 15) is 14.7 Å². The number of carbonyl (C=O) groups excluding carboxylic acids is 1. The van der Waals surface area contributed by atoms with E-state index >= 15 is 0 Å². The van der Waals surface area contributed by atoms with Gasteiger partial charge in [0.25, 0.3) is 0 Å². The first-order valence-corrected chi connectivity index (χ1v) is 12.7. The van der Waals surface area contributed by atoms with Gasteiger partial charge in [-0.25, -0.2) is 4.79 Å². The second-order valence-electron chi connectivity index (χ2n) is 10.2. The molecule has 7 heteroatoms. The topological polar surface area (TPSA) is 99.5 Å². The number of aliphatic hydroxyl groups excluding tert-OH is 1. The van der Waals surface area contributed by atoms with Crippen molar-refractivity contribution in [2.75, 3.05) is 13.2 Å². The van der Waals surface area contributed by atoms with Gasteiger partial charge in [0.15, 0.2) is 12.4 Å². The number of nitrogens with zero attached hydrogens (tertiary/aromatic N) is 2. The number of benzene rings is 2. The normalized spacial score (nSPS) is 21.4. The molecule has 1 unspecified atom stereocenters. The van der Waals surface area contributed by atoms with Crippen molar-refractivity contribution in [1.82, 2.24) is 9.13 Å². The molecule has 0 saturated heterocycles. The Morgan fingerprint density at radius 1 is 1.11 bits per heavy atom. The van der Waals surface area contributed by atoms with Crippen LogP contribution >= 0.6 is 0 Å². The van der Waals surface area contributed by atoms with Gasteiger partial charge in [0.2, 0.25) is 0 Å². The van der Waals surface area contributed by atoms with Gasteiger partial charge in [0, 0.05) is 30.6 Å². The zero-order valence-electron chi connectivity index (χ0n) is 20.9. The van der Waals surface area contributed by atoms with Crippen LogP contribution in [0.1, 0.15) is 56.6 Å². The maximum Gasteiger partial charge on any atom is 0.331 e. The van der Waals surface area contributed by atoms with Crippen molar-refractivity contribution in [2.45, 2.75) is 52.8 Å². The molecule has 1 aliphatic rings. The lowest BCUT2D eigenvalue weighted by Crippen LogP contribution is -2.38. The molecule has 188 valence electrons.